The molecular formula is C25H23BrN2O5S. The van der Waals surface area contributed by atoms with Crippen molar-refractivity contribution < 1.29 is 19.0 Å². The Balaban J connectivity index is 1.99. The number of ether oxygens (including phenoxy) is 3. The number of methoxy groups -OCH3 is 2. The number of aromatic nitrogens is 1. The molecule has 0 N–H and O–H groups in total. The summed E-state index contributed by atoms with van der Waals surface area (Å²) < 4.78 is 19.3. The van der Waals surface area contributed by atoms with E-state index in [-0.39, 0.29) is 12.2 Å². The Bertz CT molecular complexity index is 1450. The molecule has 1 aliphatic rings. The second-order valence-electron chi connectivity index (χ2n) is 7.46. The van der Waals surface area contributed by atoms with E-state index in [9.17, 15) is 9.59 Å². The van der Waals surface area contributed by atoms with E-state index < -0.39 is 12.0 Å². The largest absolute Gasteiger partial charge is 0.497 e. The Kier molecular flexibility index (Phi) is 7.04. The molecule has 0 saturated carbocycles. The average molecular weight is 543 g/mol. The fraction of sp³-hybridized carbons (Fsp3) is 0.240. The normalized spacial score (nSPS) is 15.6. The summed E-state index contributed by atoms with van der Waals surface area (Å²) >= 11 is 4.70. The molecule has 34 heavy (non-hydrogen) atoms. The Hall–Kier alpha value is -3.17. The number of benzene rings is 2. The number of carbonyl (C=O) groups excluding carboxylic acids is 1. The first-order valence-corrected chi connectivity index (χ1v) is 12.2. The molecule has 7 nitrogen and oxygen atoms in total. The molecule has 1 atom stereocenters. The Morgan fingerprint density at radius 1 is 1.18 bits per heavy atom. The van der Waals surface area contributed by atoms with Crippen molar-refractivity contribution in [2.45, 2.75) is 19.9 Å². The fourth-order valence-corrected chi connectivity index (χ4v) is 5.15. The van der Waals surface area contributed by atoms with Crippen molar-refractivity contribution in [3.05, 3.63) is 89.0 Å². The lowest BCUT2D eigenvalue weighted by atomic mass is 9.95. The van der Waals surface area contributed by atoms with Crippen molar-refractivity contribution in [2.75, 3.05) is 20.8 Å². The number of halogens is 1. The number of hydrogen-bond donors (Lipinski definition) is 0. The zero-order valence-electron chi connectivity index (χ0n) is 19.1. The number of nitrogens with zero attached hydrogens (tertiary/aromatic N) is 2. The lowest BCUT2D eigenvalue weighted by Crippen LogP contribution is -2.40. The van der Waals surface area contributed by atoms with Crippen molar-refractivity contribution in [1.82, 2.24) is 4.57 Å². The fourth-order valence-electron chi connectivity index (χ4n) is 3.84. The predicted molar refractivity (Wildman–Crippen MR) is 134 cm³/mol. The van der Waals surface area contributed by atoms with Gasteiger partial charge in [0.25, 0.3) is 5.56 Å². The van der Waals surface area contributed by atoms with Gasteiger partial charge in [0.1, 0.15) is 17.5 Å². The highest BCUT2D eigenvalue weighted by molar-refractivity contribution is 9.10. The van der Waals surface area contributed by atoms with Gasteiger partial charge in [0.15, 0.2) is 4.80 Å². The first-order chi connectivity index (χ1) is 16.4. The highest BCUT2D eigenvalue weighted by atomic mass is 79.9. The second kappa shape index (κ2) is 9.99. The quantitative estimate of drug-likeness (QED) is 0.445. The second-order valence-corrected chi connectivity index (χ2v) is 9.39. The zero-order valence-corrected chi connectivity index (χ0v) is 21.5. The van der Waals surface area contributed by atoms with Crippen LogP contribution in [0.25, 0.3) is 6.08 Å². The minimum absolute atomic E-state index is 0.204. The SMILES string of the molecule is CCOC(=O)C1=C(C)N=c2sc(=Cc3ccc(Br)cc3)c(=O)n2C1c1ccc(OC)cc1OC. The van der Waals surface area contributed by atoms with Crippen LogP contribution in [0.4, 0.5) is 0 Å². The van der Waals surface area contributed by atoms with Crippen LogP contribution >= 0.6 is 27.3 Å². The average Bonchev–Trinajstić information content (AvgIpc) is 3.13. The molecule has 2 aromatic carbocycles. The lowest BCUT2D eigenvalue weighted by Gasteiger charge is -2.26. The number of carbonyl (C=O) groups is 1. The maximum Gasteiger partial charge on any atom is 0.338 e. The van der Waals surface area contributed by atoms with Crippen molar-refractivity contribution in [2.24, 2.45) is 4.99 Å². The maximum atomic E-state index is 13.7. The number of esters is 1. The van der Waals surface area contributed by atoms with Gasteiger partial charge in [-0.2, -0.15) is 0 Å². The van der Waals surface area contributed by atoms with E-state index in [1.165, 1.54) is 18.4 Å². The molecule has 0 fully saturated rings. The van der Waals surface area contributed by atoms with Crippen LogP contribution in [-0.4, -0.2) is 31.4 Å². The van der Waals surface area contributed by atoms with Gasteiger partial charge in [0.2, 0.25) is 0 Å². The lowest BCUT2D eigenvalue weighted by molar-refractivity contribution is -0.139. The number of rotatable bonds is 6. The van der Waals surface area contributed by atoms with Crippen LogP contribution in [0.3, 0.4) is 0 Å². The summed E-state index contributed by atoms with van der Waals surface area (Å²) in [4.78, 5) is 31.8. The number of thiazole rings is 1. The van der Waals surface area contributed by atoms with Gasteiger partial charge in [-0.3, -0.25) is 9.36 Å². The number of allylic oxidation sites excluding steroid dienone is 1. The predicted octanol–water partition coefficient (Wildman–Crippen LogP) is 3.58. The minimum Gasteiger partial charge on any atom is -0.497 e. The van der Waals surface area contributed by atoms with E-state index in [0.717, 1.165) is 10.0 Å². The molecule has 0 amide bonds. The topological polar surface area (TPSA) is 79.1 Å². The minimum atomic E-state index is -0.761. The summed E-state index contributed by atoms with van der Waals surface area (Å²) in [6.45, 7) is 3.70. The van der Waals surface area contributed by atoms with Gasteiger partial charge < -0.3 is 14.2 Å². The molecule has 1 aromatic heterocycles. The third-order valence-electron chi connectivity index (χ3n) is 5.42. The molecular weight excluding hydrogens is 520 g/mol. The summed E-state index contributed by atoms with van der Waals surface area (Å²) in [5, 5.41) is 0. The third-order valence-corrected chi connectivity index (χ3v) is 6.93. The van der Waals surface area contributed by atoms with E-state index in [2.05, 4.69) is 20.9 Å². The Morgan fingerprint density at radius 3 is 2.56 bits per heavy atom. The number of fused-ring (bicyclic) bond motifs is 1. The molecule has 0 saturated heterocycles. The zero-order chi connectivity index (χ0) is 24.4. The molecule has 176 valence electrons. The Morgan fingerprint density at radius 2 is 1.91 bits per heavy atom. The first kappa shape index (κ1) is 24.0. The third kappa shape index (κ3) is 4.45. The highest BCUT2D eigenvalue weighted by Crippen LogP contribution is 2.37. The molecule has 1 aliphatic heterocycles. The smallest absolute Gasteiger partial charge is 0.338 e. The van der Waals surface area contributed by atoms with E-state index in [1.54, 1.807) is 43.7 Å². The summed E-state index contributed by atoms with van der Waals surface area (Å²) in [6, 6.07) is 12.2. The van der Waals surface area contributed by atoms with Crippen LogP contribution in [0, 0.1) is 0 Å². The maximum absolute atomic E-state index is 13.7. The van der Waals surface area contributed by atoms with E-state index in [1.807, 2.05) is 30.3 Å². The van der Waals surface area contributed by atoms with Crippen LogP contribution in [-0.2, 0) is 9.53 Å². The monoisotopic (exact) mass is 542 g/mol. The van der Waals surface area contributed by atoms with Gasteiger partial charge >= 0.3 is 5.97 Å². The van der Waals surface area contributed by atoms with Gasteiger partial charge in [0.05, 0.1) is 36.6 Å². The molecule has 0 radical (unpaired) electrons. The van der Waals surface area contributed by atoms with Crippen LogP contribution in [0.1, 0.15) is 31.0 Å². The molecule has 3 aromatic rings. The molecule has 0 aliphatic carbocycles. The Labute approximate surface area is 208 Å². The molecule has 4 rings (SSSR count). The van der Waals surface area contributed by atoms with Crippen LogP contribution in [0.5, 0.6) is 11.5 Å². The van der Waals surface area contributed by atoms with Gasteiger partial charge in [-0.1, -0.05) is 39.4 Å². The van der Waals surface area contributed by atoms with Gasteiger partial charge in [-0.05, 0) is 49.8 Å². The summed E-state index contributed by atoms with van der Waals surface area (Å²) in [7, 11) is 3.10. The highest BCUT2D eigenvalue weighted by Gasteiger charge is 2.35. The van der Waals surface area contributed by atoms with E-state index in [0.29, 0.717) is 37.7 Å². The van der Waals surface area contributed by atoms with Crippen molar-refractivity contribution >= 4 is 39.3 Å². The number of hydrogen-bond acceptors (Lipinski definition) is 7. The van der Waals surface area contributed by atoms with E-state index >= 15 is 0 Å². The molecule has 0 spiro atoms. The van der Waals surface area contributed by atoms with Crippen molar-refractivity contribution in [3.63, 3.8) is 0 Å². The van der Waals surface area contributed by atoms with Crippen molar-refractivity contribution in [1.29, 1.82) is 0 Å². The molecule has 2 heterocycles. The van der Waals surface area contributed by atoms with Gasteiger partial charge in [-0.15, -0.1) is 0 Å². The van der Waals surface area contributed by atoms with Crippen LogP contribution in [0.2, 0.25) is 0 Å². The standard InChI is InChI=1S/C25H23BrN2O5S/c1-5-33-24(30)21-14(2)27-25-28(22(21)18-11-10-17(31-3)13-19(18)32-4)23(29)20(34-25)12-15-6-8-16(26)9-7-15/h6-13,22H,5H2,1-4H3. The van der Waals surface area contributed by atoms with Gasteiger partial charge in [-0.25, -0.2) is 9.79 Å². The molecule has 1 unspecified atom stereocenters. The molecule has 0 bridgehead atoms. The summed E-state index contributed by atoms with van der Waals surface area (Å²) in [6.07, 6.45) is 1.82. The van der Waals surface area contributed by atoms with Gasteiger partial charge in [0, 0.05) is 16.1 Å². The first-order valence-electron chi connectivity index (χ1n) is 10.5. The summed E-state index contributed by atoms with van der Waals surface area (Å²) in [5.74, 6) is 0.568. The van der Waals surface area contributed by atoms with E-state index in [4.69, 9.17) is 14.2 Å². The van der Waals surface area contributed by atoms with Crippen LogP contribution in [0.15, 0.2) is 68.0 Å². The summed E-state index contributed by atoms with van der Waals surface area (Å²) in [5.41, 5.74) is 2.07. The molecule has 9 heteroatoms. The van der Waals surface area contributed by atoms with Crippen molar-refractivity contribution in [3.8, 4) is 11.5 Å². The van der Waals surface area contributed by atoms with Crippen LogP contribution < -0.4 is 24.4 Å².